The van der Waals surface area contributed by atoms with Crippen molar-refractivity contribution in [1.29, 1.82) is 0 Å². The molecule has 0 aliphatic carbocycles. The molecule has 0 amide bonds. The van der Waals surface area contributed by atoms with Gasteiger partial charge in [0.05, 0.1) is 23.6 Å². The van der Waals surface area contributed by atoms with Crippen LogP contribution in [0.1, 0.15) is 11.1 Å². The number of hydrogen-bond acceptors (Lipinski definition) is 5. The summed E-state index contributed by atoms with van der Waals surface area (Å²) in [5, 5.41) is 1.51. The van der Waals surface area contributed by atoms with E-state index in [-0.39, 0.29) is 23.6 Å². The third-order valence-corrected chi connectivity index (χ3v) is 7.76. The highest BCUT2D eigenvalue weighted by atomic mass is 35.5. The Bertz CT molecular complexity index is 975. The van der Waals surface area contributed by atoms with Gasteiger partial charge in [0.15, 0.2) is 15.0 Å². The second kappa shape index (κ2) is 6.91. The van der Waals surface area contributed by atoms with E-state index in [1.807, 2.05) is 36.4 Å². The highest BCUT2D eigenvalue weighted by Gasteiger charge is 2.47. The number of benzene rings is 2. The third-order valence-electron chi connectivity index (χ3n) is 4.81. The molecule has 0 N–H and O–H groups in total. The Morgan fingerprint density at radius 3 is 2.77 bits per heavy atom. The molecule has 2 aromatic rings. The minimum Gasteiger partial charge on any atom is -0.315 e. The van der Waals surface area contributed by atoms with Crippen LogP contribution in [0.25, 0.3) is 0 Å². The van der Waals surface area contributed by atoms with E-state index < -0.39 is 9.84 Å². The van der Waals surface area contributed by atoms with Crippen molar-refractivity contribution in [2.75, 3.05) is 16.4 Å². The summed E-state index contributed by atoms with van der Waals surface area (Å²) in [4.78, 5) is 6.82. The van der Waals surface area contributed by atoms with Gasteiger partial charge < -0.3 is 4.90 Å². The van der Waals surface area contributed by atoms with Crippen molar-refractivity contribution in [2.24, 2.45) is 4.99 Å². The van der Waals surface area contributed by atoms with Gasteiger partial charge in [-0.1, -0.05) is 53.7 Å². The SMILES string of the molecule is Cc1ccccc1CSC1=NC2CS(=O)(=O)CC2N1c1cccc(Cl)c1. The molecule has 136 valence electrons. The lowest BCUT2D eigenvalue weighted by atomic mass is 10.1. The van der Waals surface area contributed by atoms with Crippen LogP contribution in [0, 0.1) is 6.92 Å². The molecule has 1 fully saturated rings. The Morgan fingerprint density at radius 1 is 1.19 bits per heavy atom. The maximum Gasteiger partial charge on any atom is 0.164 e. The van der Waals surface area contributed by atoms with Crippen LogP contribution in [0.5, 0.6) is 0 Å². The van der Waals surface area contributed by atoms with E-state index in [9.17, 15) is 8.42 Å². The third kappa shape index (κ3) is 3.50. The Hall–Kier alpha value is -1.50. The van der Waals surface area contributed by atoms with Crippen LogP contribution >= 0.6 is 23.4 Å². The van der Waals surface area contributed by atoms with Gasteiger partial charge in [-0.05, 0) is 36.2 Å². The van der Waals surface area contributed by atoms with Crippen LogP contribution in [0.15, 0.2) is 53.5 Å². The fraction of sp³-hybridized carbons (Fsp3) is 0.316. The molecule has 26 heavy (non-hydrogen) atoms. The fourth-order valence-corrected chi connectivity index (χ4v) is 6.70. The number of thioether (sulfide) groups is 1. The average Bonchev–Trinajstić information content (AvgIpc) is 3.05. The minimum atomic E-state index is -3.04. The van der Waals surface area contributed by atoms with Crippen molar-refractivity contribution >= 4 is 44.1 Å². The Balaban J connectivity index is 1.64. The first-order valence-corrected chi connectivity index (χ1v) is 11.6. The van der Waals surface area contributed by atoms with Crippen LogP contribution in [0.4, 0.5) is 5.69 Å². The van der Waals surface area contributed by atoms with Gasteiger partial charge in [0.25, 0.3) is 0 Å². The predicted octanol–water partition coefficient (Wildman–Crippen LogP) is 3.92. The molecule has 2 aliphatic rings. The van der Waals surface area contributed by atoms with Crippen LogP contribution in [0.3, 0.4) is 0 Å². The van der Waals surface area contributed by atoms with Crippen LogP contribution < -0.4 is 4.90 Å². The molecule has 2 aliphatic heterocycles. The number of nitrogens with zero attached hydrogens (tertiary/aromatic N) is 2. The second-order valence-corrected chi connectivity index (χ2v) is 10.2. The van der Waals surface area contributed by atoms with Gasteiger partial charge in [-0.2, -0.15) is 0 Å². The summed E-state index contributed by atoms with van der Waals surface area (Å²) in [5.41, 5.74) is 3.41. The summed E-state index contributed by atoms with van der Waals surface area (Å²) < 4.78 is 24.2. The lowest BCUT2D eigenvalue weighted by Crippen LogP contribution is -2.39. The van der Waals surface area contributed by atoms with Gasteiger partial charge in [-0.25, -0.2) is 8.42 Å². The Morgan fingerprint density at radius 2 is 2.00 bits per heavy atom. The fourth-order valence-electron chi connectivity index (χ4n) is 3.48. The van der Waals surface area contributed by atoms with E-state index in [4.69, 9.17) is 16.6 Å². The topological polar surface area (TPSA) is 49.7 Å². The summed E-state index contributed by atoms with van der Waals surface area (Å²) in [5.74, 6) is 1.07. The van der Waals surface area contributed by atoms with Gasteiger partial charge in [-0.15, -0.1) is 0 Å². The molecule has 1 saturated heterocycles. The van der Waals surface area contributed by atoms with E-state index >= 15 is 0 Å². The number of anilines is 1. The number of hydrogen-bond donors (Lipinski definition) is 0. The summed E-state index contributed by atoms with van der Waals surface area (Å²) >= 11 is 7.83. The number of fused-ring (bicyclic) bond motifs is 1. The molecule has 2 unspecified atom stereocenters. The normalized spacial score (nSPS) is 23.8. The summed E-state index contributed by atoms with van der Waals surface area (Å²) in [6.45, 7) is 2.10. The maximum absolute atomic E-state index is 12.1. The highest BCUT2D eigenvalue weighted by molar-refractivity contribution is 8.13. The zero-order chi connectivity index (χ0) is 18.3. The first-order chi connectivity index (χ1) is 12.4. The number of halogens is 1. The lowest BCUT2D eigenvalue weighted by molar-refractivity contribution is 0.601. The van der Waals surface area contributed by atoms with Crippen LogP contribution in [0.2, 0.25) is 5.02 Å². The number of rotatable bonds is 3. The van der Waals surface area contributed by atoms with Crippen molar-refractivity contribution in [3.63, 3.8) is 0 Å². The summed E-state index contributed by atoms with van der Waals surface area (Å²) in [7, 11) is -3.04. The minimum absolute atomic E-state index is 0.128. The Labute approximate surface area is 163 Å². The first-order valence-electron chi connectivity index (χ1n) is 8.43. The van der Waals surface area contributed by atoms with E-state index in [1.54, 1.807) is 11.8 Å². The smallest absolute Gasteiger partial charge is 0.164 e. The molecule has 2 heterocycles. The van der Waals surface area contributed by atoms with Crippen LogP contribution in [-0.2, 0) is 15.6 Å². The molecule has 0 spiro atoms. The van der Waals surface area contributed by atoms with Crippen LogP contribution in [-0.4, -0.2) is 37.2 Å². The van der Waals surface area contributed by atoms with E-state index in [0.29, 0.717) is 5.02 Å². The molecule has 2 atom stereocenters. The first kappa shape index (κ1) is 17.9. The standard InChI is InChI=1S/C19H19ClN2O2S2/c1-13-5-2-3-6-14(13)10-25-19-21-17-11-26(23,24)12-18(17)22(19)16-8-4-7-15(20)9-16/h2-9,17-18H,10-12H2,1H3. The Kier molecular flexibility index (Phi) is 4.75. The number of aryl methyl sites for hydroxylation is 1. The molecule has 4 nitrogen and oxygen atoms in total. The zero-order valence-corrected chi connectivity index (χ0v) is 16.7. The quantitative estimate of drug-likeness (QED) is 0.775. The number of sulfone groups is 1. The van der Waals surface area contributed by atoms with Gasteiger partial charge in [0.2, 0.25) is 0 Å². The van der Waals surface area contributed by atoms with E-state index in [1.165, 1.54) is 11.1 Å². The van der Waals surface area contributed by atoms with Gasteiger partial charge in [0.1, 0.15) is 0 Å². The van der Waals surface area contributed by atoms with Gasteiger partial charge in [-0.3, -0.25) is 4.99 Å². The molecule has 0 saturated carbocycles. The van der Waals surface area contributed by atoms with Crippen molar-refractivity contribution in [2.45, 2.75) is 24.8 Å². The number of aliphatic imine (C=N–C) groups is 1. The molecular formula is C19H19ClN2O2S2. The van der Waals surface area contributed by atoms with Crippen molar-refractivity contribution < 1.29 is 8.42 Å². The molecule has 7 heteroatoms. The van der Waals surface area contributed by atoms with Crippen molar-refractivity contribution in [1.82, 2.24) is 0 Å². The predicted molar refractivity (Wildman–Crippen MR) is 110 cm³/mol. The maximum atomic E-state index is 12.1. The monoisotopic (exact) mass is 406 g/mol. The van der Waals surface area contributed by atoms with Crippen molar-refractivity contribution in [3.8, 4) is 0 Å². The lowest BCUT2D eigenvalue weighted by Gasteiger charge is -2.26. The molecule has 2 aromatic carbocycles. The summed E-state index contributed by atoms with van der Waals surface area (Å²) in [6, 6.07) is 15.5. The molecular weight excluding hydrogens is 388 g/mol. The van der Waals surface area contributed by atoms with Crippen molar-refractivity contribution in [3.05, 3.63) is 64.7 Å². The largest absolute Gasteiger partial charge is 0.315 e. The molecule has 0 bridgehead atoms. The highest BCUT2D eigenvalue weighted by Crippen LogP contribution is 2.36. The van der Waals surface area contributed by atoms with E-state index in [2.05, 4.69) is 24.0 Å². The molecule has 4 rings (SSSR count). The number of amidine groups is 1. The average molecular weight is 407 g/mol. The van der Waals surface area contributed by atoms with E-state index in [0.717, 1.165) is 16.6 Å². The summed E-state index contributed by atoms with van der Waals surface area (Å²) in [6.07, 6.45) is 0. The molecule has 0 aromatic heterocycles. The second-order valence-electron chi connectivity index (χ2n) is 6.69. The van der Waals surface area contributed by atoms with Gasteiger partial charge in [0, 0.05) is 16.5 Å². The zero-order valence-electron chi connectivity index (χ0n) is 14.3. The van der Waals surface area contributed by atoms with Gasteiger partial charge >= 0.3 is 0 Å². The molecule has 0 radical (unpaired) electrons.